The molecule has 0 fully saturated rings. The van der Waals surface area contributed by atoms with Crippen LogP contribution in [-0.2, 0) is 19.1 Å². The first-order chi connectivity index (χ1) is 9.49. The van der Waals surface area contributed by atoms with Gasteiger partial charge < -0.3 is 20.1 Å². The molecule has 0 heterocycles. The first-order valence-corrected chi connectivity index (χ1v) is 7.11. The van der Waals surface area contributed by atoms with E-state index in [0.717, 1.165) is 6.42 Å². The van der Waals surface area contributed by atoms with Crippen molar-refractivity contribution in [3.05, 3.63) is 0 Å². The molecule has 0 aliphatic rings. The van der Waals surface area contributed by atoms with E-state index < -0.39 is 0 Å². The molecular formula is C14H28N2O4. The predicted molar refractivity (Wildman–Crippen MR) is 77.1 cm³/mol. The Morgan fingerprint density at radius 3 is 2.35 bits per heavy atom. The monoisotopic (exact) mass is 288 g/mol. The number of nitrogens with one attached hydrogen (secondary N) is 2. The van der Waals surface area contributed by atoms with Gasteiger partial charge in [-0.05, 0) is 12.8 Å². The summed E-state index contributed by atoms with van der Waals surface area (Å²) >= 11 is 0. The molecule has 1 atom stereocenters. The highest BCUT2D eigenvalue weighted by molar-refractivity contribution is 5.78. The Bertz CT molecular complexity index is 282. The number of carbonyl (C=O) groups excluding carboxylic acids is 2. The minimum atomic E-state index is -0.0988. The standard InChI is InChI=1S/C14H28N2O4/c1-11(2)13(17)16-10-20-9-6-12(3)14(18)15-7-5-8-19-4/h11-12H,5-10H2,1-4H3,(H,15,18)(H,16,17). The summed E-state index contributed by atoms with van der Waals surface area (Å²) in [6, 6.07) is 0. The van der Waals surface area contributed by atoms with E-state index in [2.05, 4.69) is 10.6 Å². The summed E-state index contributed by atoms with van der Waals surface area (Å²) in [5.41, 5.74) is 0. The zero-order valence-electron chi connectivity index (χ0n) is 13.0. The Morgan fingerprint density at radius 2 is 1.75 bits per heavy atom. The van der Waals surface area contributed by atoms with Gasteiger partial charge in [-0.15, -0.1) is 0 Å². The lowest BCUT2D eigenvalue weighted by Gasteiger charge is -2.13. The molecule has 0 aromatic carbocycles. The molecule has 118 valence electrons. The number of ether oxygens (including phenoxy) is 2. The fourth-order valence-corrected chi connectivity index (χ4v) is 1.39. The van der Waals surface area contributed by atoms with Crippen LogP contribution in [0, 0.1) is 11.8 Å². The van der Waals surface area contributed by atoms with E-state index in [9.17, 15) is 9.59 Å². The summed E-state index contributed by atoms with van der Waals surface area (Å²) in [7, 11) is 1.64. The van der Waals surface area contributed by atoms with Crippen molar-refractivity contribution >= 4 is 11.8 Å². The second-order valence-corrected chi connectivity index (χ2v) is 5.08. The van der Waals surface area contributed by atoms with Gasteiger partial charge in [-0.3, -0.25) is 9.59 Å². The van der Waals surface area contributed by atoms with Gasteiger partial charge in [-0.25, -0.2) is 0 Å². The van der Waals surface area contributed by atoms with Crippen LogP contribution in [0.2, 0.25) is 0 Å². The highest BCUT2D eigenvalue weighted by Gasteiger charge is 2.12. The number of methoxy groups -OCH3 is 1. The van der Waals surface area contributed by atoms with Crippen LogP contribution in [0.25, 0.3) is 0 Å². The lowest BCUT2D eigenvalue weighted by Crippen LogP contribution is -2.32. The lowest BCUT2D eigenvalue weighted by molar-refractivity contribution is -0.127. The van der Waals surface area contributed by atoms with Gasteiger partial charge in [0.25, 0.3) is 0 Å². The molecule has 6 heteroatoms. The third-order valence-corrected chi connectivity index (χ3v) is 2.84. The van der Waals surface area contributed by atoms with E-state index in [1.165, 1.54) is 0 Å². The van der Waals surface area contributed by atoms with E-state index in [-0.39, 0.29) is 30.4 Å². The molecule has 20 heavy (non-hydrogen) atoms. The van der Waals surface area contributed by atoms with E-state index in [1.807, 2.05) is 20.8 Å². The van der Waals surface area contributed by atoms with Gasteiger partial charge in [0.1, 0.15) is 6.73 Å². The van der Waals surface area contributed by atoms with Crippen LogP contribution >= 0.6 is 0 Å². The molecule has 1 unspecified atom stereocenters. The van der Waals surface area contributed by atoms with Crippen molar-refractivity contribution in [1.82, 2.24) is 10.6 Å². The molecule has 0 saturated carbocycles. The summed E-state index contributed by atoms with van der Waals surface area (Å²) in [6.07, 6.45) is 1.44. The average Bonchev–Trinajstić information content (AvgIpc) is 2.42. The van der Waals surface area contributed by atoms with Crippen molar-refractivity contribution in [2.45, 2.75) is 33.6 Å². The van der Waals surface area contributed by atoms with Crippen LogP contribution in [-0.4, -0.2) is 45.4 Å². The smallest absolute Gasteiger partial charge is 0.224 e. The van der Waals surface area contributed by atoms with Crippen LogP contribution in [0.15, 0.2) is 0 Å². The largest absolute Gasteiger partial charge is 0.385 e. The maximum atomic E-state index is 11.7. The molecule has 6 nitrogen and oxygen atoms in total. The van der Waals surface area contributed by atoms with Crippen molar-refractivity contribution in [2.24, 2.45) is 11.8 Å². The SMILES string of the molecule is COCCCNC(=O)C(C)CCOCNC(=O)C(C)C. The summed E-state index contributed by atoms with van der Waals surface area (Å²) in [4.78, 5) is 22.9. The summed E-state index contributed by atoms with van der Waals surface area (Å²) < 4.78 is 10.2. The van der Waals surface area contributed by atoms with Gasteiger partial charge in [0.2, 0.25) is 11.8 Å². The van der Waals surface area contributed by atoms with E-state index in [1.54, 1.807) is 7.11 Å². The molecule has 0 aliphatic carbocycles. The lowest BCUT2D eigenvalue weighted by atomic mass is 10.1. The number of carbonyl (C=O) groups is 2. The van der Waals surface area contributed by atoms with Crippen molar-refractivity contribution in [3.8, 4) is 0 Å². The van der Waals surface area contributed by atoms with Crippen LogP contribution in [0.4, 0.5) is 0 Å². The zero-order chi connectivity index (χ0) is 15.4. The predicted octanol–water partition coefficient (Wildman–Crippen LogP) is 0.912. The maximum absolute atomic E-state index is 11.7. The average molecular weight is 288 g/mol. The number of hydrogen-bond donors (Lipinski definition) is 2. The number of amides is 2. The van der Waals surface area contributed by atoms with Crippen molar-refractivity contribution in [3.63, 3.8) is 0 Å². The molecule has 2 N–H and O–H groups in total. The molecule has 0 rings (SSSR count). The second-order valence-electron chi connectivity index (χ2n) is 5.08. The summed E-state index contributed by atoms with van der Waals surface area (Å²) in [5, 5.41) is 5.50. The second kappa shape index (κ2) is 11.7. The Balaban J connectivity index is 3.54. The van der Waals surface area contributed by atoms with Gasteiger partial charge in [0.15, 0.2) is 0 Å². The maximum Gasteiger partial charge on any atom is 0.224 e. The fourth-order valence-electron chi connectivity index (χ4n) is 1.39. The molecule has 0 aromatic rings. The molecule has 0 aromatic heterocycles. The van der Waals surface area contributed by atoms with Crippen LogP contribution in [0.5, 0.6) is 0 Å². The highest BCUT2D eigenvalue weighted by atomic mass is 16.5. The Labute approximate surface area is 121 Å². The van der Waals surface area contributed by atoms with Crippen LogP contribution in [0.3, 0.4) is 0 Å². The zero-order valence-corrected chi connectivity index (χ0v) is 13.0. The van der Waals surface area contributed by atoms with Gasteiger partial charge in [-0.1, -0.05) is 20.8 Å². The molecule has 0 bridgehead atoms. The van der Waals surface area contributed by atoms with Gasteiger partial charge >= 0.3 is 0 Å². The molecular weight excluding hydrogens is 260 g/mol. The molecule has 0 aliphatic heterocycles. The normalized spacial score (nSPS) is 12.2. The first kappa shape index (κ1) is 18.9. The molecule has 2 amide bonds. The summed E-state index contributed by atoms with van der Waals surface area (Å²) in [6.45, 7) is 7.43. The van der Waals surface area contributed by atoms with Gasteiger partial charge in [0, 0.05) is 38.7 Å². The summed E-state index contributed by atoms with van der Waals surface area (Å²) in [5.74, 6) is -0.154. The minimum absolute atomic E-state index is 0.0240. The van der Waals surface area contributed by atoms with Crippen molar-refractivity contribution < 1.29 is 19.1 Å². The van der Waals surface area contributed by atoms with Gasteiger partial charge in [0.05, 0.1) is 0 Å². The minimum Gasteiger partial charge on any atom is -0.385 e. The molecule has 0 saturated heterocycles. The molecule has 0 spiro atoms. The van der Waals surface area contributed by atoms with Crippen molar-refractivity contribution in [1.29, 1.82) is 0 Å². The third kappa shape index (κ3) is 9.75. The van der Waals surface area contributed by atoms with Crippen LogP contribution in [0.1, 0.15) is 33.6 Å². The Kier molecular flexibility index (Phi) is 11.0. The van der Waals surface area contributed by atoms with Crippen molar-refractivity contribution in [2.75, 3.05) is 33.6 Å². The quantitative estimate of drug-likeness (QED) is 0.438. The van der Waals surface area contributed by atoms with Crippen LogP contribution < -0.4 is 10.6 Å². The van der Waals surface area contributed by atoms with E-state index in [4.69, 9.17) is 9.47 Å². The van der Waals surface area contributed by atoms with Gasteiger partial charge in [-0.2, -0.15) is 0 Å². The molecule has 0 radical (unpaired) electrons. The topological polar surface area (TPSA) is 76.7 Å². The third-order valence-electron chi connectivity index (χ3n) is 2.84. The fraction of sp³-hybridized carbons (Fsp3) is 0.857. The Morgan fingerprint density at radius 1 is 1.05 bits per heavy atom. The van der Waals surface area contributed by atoms with E-state index in [0.29, 0.717) is 26.2 Å². The number of rotatable bonds is 11. The number of hydrogen-bond acceptors (Lipinski definition) is 4. The van der Waals surface area contributed by atoms with E-state index >= 15 is 0 Å². The first-order valence-electron chi connectivity index (χ1n) is 7.11. The highest BCUT2D eigenvalue weighted by Crippen LogP contribution is 2.02. The Hall–Kier alpha value is -1.14.